The Labute approximate surface area is 203 Å². The number of nitrogens with one attached hydrogen (secondary N) is 3. The van der Waals surface area contributed by atoms with E-state index in [0.29, 0.717) is 16.7 Å². The van der Waals surface area contributed by atoms with Crippen molar-refractivity contribution in [2.45, 2.75) is 37.6 Å². The fraction of sp³-hybridized carbons (Fsp3) is 0.364. The number of hydrogen-bond acceptors (Lipinski definition) is 8. The van der Waals surface area contributed by atoms with Crippen LogP contribution in [0, 0.1) is 5.92 Å². The Morgan fingerprint density at radius 3 is 2.55 bits per heavy atom. The summed E-state index contributed by atoms with van der Waals surface area (Å²) in [4.78, 5) is 16.4. The van der Waals surface area contributed by atoms with Crippen LogP contribution >= 0.6 is 23.7 Å². The highest BCUT2D eigenvalue weighted by atomic mass is 35.5. The normalized spacial score (nSPS) is 13.5. The Bertz CT molecular complexity index is 1210. The van der Waals surface area contributed by atoms with Crippen LogP contribution in [0.2, 0.25) is 0 Å². The third kappa shape index (κ3) is 6.80. The van der Waals surface area contributed by atoms with E-state index in [9.17, 15) is 13.2 Å². The number of aromatic nitrogens is 1. The molecule has 11 heteroatoms. The fourth-order valence-corrected chi connectivity index (χ4v) is 4.87. The highest BCUT2D eigenvalue weighted by Crippen LogP contribution is 2.33. The largest absolute Gasteiger partial charge is 0.384 e. The van der Waals surface area contributed by atoms with Crippen molar-refractivity contribution in [3.63, 3.8) is 0 Å². The zero-order valence-corrected chi connectivity index (χ0v) is 20.8. The average molecular weight is 511 g/mol. The summed E-state index contributed by atoms with van der Waals surface area (Å²) in [5.41, 5.74) is 1.51. The molecule has 1 aliphatic rings. The maximum Gasteiger partial charge on any atom is 0.339 e. The predicted molar refractivity (Wildman–Crippen MR) is 134 cm³/mol. The van der Waals surface area contributed by atoms with E-state index in [4.69, 9.17) is 4.18 Å². The topological polar surface area (TPSA) is 109 Å². The van der Waals surface area contributed by atoms with Crippen LogP contribution in [-0.4, -0.2) is 38.4 Å². The Morgan fingerprint density at radius 1 is 1.15 bits per heavy atom. The molecule has 0 bridgehead atoms. The molecule has 1 aromatic heterocycles. The van der Waals surface area contributed by atoms with Gasteiger partial charge in [0, 0.05) is 36.8 Å². The zero-order valence-electron chi connectivity index (χ0n) is 18.3. The molecule has 0 aliphatic heterocycles. The molecule has 1 saturated carbocycles. The van der Waals surface area contributed by atoms with Gasteiger partial charge in [-0.1, -0.05) is 25.2 Å². The summed E-state index contributed by atoms with van der Waals surface area (Å²) in [6.07, 6.45) is 1.83. The molecule has 8 nitrogen and oxygen atoms in total. The minimum Gasteiger partial charge on any atom is -0.384 e. The number of nitrogens with zero attached hydrogens (tertiary/aromatic N) is 1. The number of fused-ring (bicyclic) bond motifs is 1. The van der Waals surface area contributed by atoms with E-state index in [0.717, 1.165) is 36.3 Å². The summed E-state index contributed by atoms with van der Waals surface area (Å²) in [6, 6.07) is 11.7. The van der Waals surface area contributed by atoms with E-state index in [1.54, 1.807) is 30.3 Å². The van der Waals surface area contributed by atoms with E-state index in [1.807, 2.05) is 0 Å². The van der Waals surface area contributed by atoms with Crippen molar-refractivity contribution < 1.29 is 17.4 Å². The zero-order chi connectivity index (χ0) is 22.7. The molecule has 33 heavy (non-hydrogen) atoms. The number of amides is 1. The first-order valence-electron chi connectivity index (χ1n) is 10.5. The van der Waals surface area contributed by atoms with Gasteiger partial charge in [-0.15, -0.1) is 12.4 Å². The first kappa shape index (κ1) is 25.2. The molecule has 3 aromatic rings. The van der Waals surface area contributed by atoms with Gasteiger partial charge < -0.3 is 20.1 Å². The van der Waals surface area contributed by atoms with E-state index in [2.05, 4.69) is 34.8 Å². The Balaban J connectivity index is 0.00000306. The van der Waals surface area contributed by atoms with E-state index < -0.39 is 10.1 Å². The smallest absolute Gasteiger partial charge is 0.339 e. The van der Waals surface area contributed by atoms with Crippen LogP contribution in [0.5, 0.6) is 5.75 Å². The number of thiazole rings is 1. The highest BCUT2D eigenvalue weighted by molar-refractivity contribution is 7.87. The molecular formula is C22H27ClN4O4S2. The SMILES string of the molecule is CC(C)NCCNc1ccc(S(=O)(=O)Oc2ccc3nc(NC(=O)C4CC4)sc3c2)cc1.Cl. The summed E-state index contributed by atoms with van der Waals surface area (Å²) in [5.74, 6) is 0.268. The van der Waals surface area contributed by atoms with E-state index >= 15 is 0 Å². The summed E-state index contributed by atoms with van der Waals surface area (Å²) in [7, 11) is -3.98. The van der Waals surface area contributed by atoms with Gasteiger partial charge in [0.15, 0.2) is 5.13 Å². The molecule has 178 valence electrons. The van der Waals surface area contributed by atoms with Crippen molar-refractivity contribution in [3.8, 4) is 5.75 Å². The molecule has 1 heterocycles. The molecule has 3 N–H and O–H groups in total. The second-order valence-electron chi connectivity index (χ2n) is 8.01. The highest BCUT2D eigenvalue weighted by Gasteiger charge is 2.30. The van der Waals surface area contributed by atoms with Crippen molar-refractivity contribution >= 4 is 60.8 Å². The van der Waals surface area contributed by atoms with E-state index in [-0.39, 0.29) is 34.9 Å². The van der Waals surface area contributed by atoms with Gasteiger partial charge in [-0.3, -0.25) is 4.79 Å². The second-order valence-corrected chi connectivity index (χ2v) is 10.6. The molecule has 2 aromatic carbocycles. The number of hydrogen-bond donors (Lipinski definition) is 3. The van der Waals surface area contributed by atoms with E-state index in [1.165, 1.54) is 23.5 Å². The lowest BCUT2D eigenvalue weighted by Gasteiger charge is -2.11. The van der Waals surface area contributed by atoms with Crippen molar-refractivity contribution in [2.24, 2.45) is 5.92 Å². The standard InChI is InChI=1S/C22H26N4O4S2.ClH/c1-14(2)23-11-12-24-16-5-8-18(9-6-16)32(28,29)30-17-7-10-19-20(13-17)31-22(25-19)26-21(27)15-3-4-15;/h5-10,13-15,23-24H,3-4,11-12H2,1-2H3,(H,25,26,27);1H. The van der Waals surface area contributed by atoms with Gasteiger partial charge in [0.2, 0.25) is 5.91 Å². The third-order valence-corrected chi connectivity index (χ3v) is 7.09. The molecule has 0 atom stereocenters. The lowest BCUT2D eigenvalue weighted by Crippen LogP contribution is -2.28. The first-order chi connectivity index (χ1) is 15.3. The Morgan fingerprint density at radius 2 is 1.88 bits per heavy atom. The van der Waals surface area contributed by atoms with Gasteiger partial charge >= 0.3 is 10.1 Å². The lowest BCUT2D eigenvalue weighted by atomic mass is 10.3. The maximum atomic E-state index is 12.7. The summed E-state index contributed by atoms with van der Waals surface area (Å²) in [6.45, 7) is 5.71. The van der Waals surface area contributed by atoms with Crippen LogP contribution < -0.4 is 20.1 Å². The number of halogens is 1. The number of carbonyl (C=O) groups is 1. The van der Waals surface area contributed by atoms with Gasteiger partial charge in [-0.25, -0.2) is 4.98 Å². The van der Waals surface area contributed by atoms with Gasteiger partial charge in [0.25, 0.3) is 0 Å². The van der Waals surface area contributed by atoms with Crippen LogP contribution in [0.15, 0.2) is 47.4 Å². The Kier molecular flexibility index (Phi) is 8.17. The van der Waals surface area contributed by atoms with Crippen LogP contribution in [0.4, 0.5) is 10.8 Å². The molecule has 1 amide bonds. The number of rotatable bonds is 10. The number of carbonyl (C=O) groups excluding carboxylic acids is 1. The van der Waals surface area contributed by atoms with Gasteiger partial charge in [-0.05, 0) is 49.2 Å². The molecule has 4 rings (SSSR count). The van der Waals surface area contributed by atoms with Crippen molar-refractivity contribution in [1.29, 1.82) is 0 Å². The second kappa shape index (κ2) is 10.7. The van der Waals surface area contributed by atoms with Crippen molar-refractivity contribution in [1.82, 2.24) is 10.3 Å². The van der Waals surface area contributed by atoms with Crippen LogP contribution in [-0.2, 0) is 14.9 Å². The quantitative estimate of drug-likeness (QED) is 0.276. The van der Waals surface area contributed by atoms with Gasteiger partial charge in [-0.2, -0.15) is 8.42 Å². The first-order valence-corrected chi connectivity index (χ1v) is 12.8. The Hall–Kier alpha value is -2.40. The predicted octanol–water partition coefficient (Wildman–Crippen LogP) is 4.24. The molecule has 0 saturated heterocycles. The monoisotopic (exact) mass is 510 g/mol. The number of benzene rings is 2. The van der Waals surface area contributed by atoms with Crippen molar-refractivity contribution in [3.05, 3.63) is 42.5 Å². The molecule has 0 radical (unpaired) electrons. The minimum absolute atomic E-state index is 0. The molecular weight excluding hydrogens is 484 g/mol. The molecule has 0 spiro atoms. The third-order valence-electron chi connectivity index (χ3n) is 4.89. The summed E-state index contributed by atoms with van der Waals surface area (Å²) < 4.78 is 31.5. The van der Waals surface area contributed by atoms with Crippen LogP contribution in [0.1, 0.15) is 26.7 Å². The summed E-state index contributed by atoms with van der Waals surface area (Å²) in [5, 5.41) is 9.87. The van der Waals surface area contributed by atoms with Crippen molar-refractivity contribution in [2.75, 3.05) is 23.7 Å². The lowest BCUT2D eigenvalue weighted by molar-refractivity contribution is -0.117. The fourth-order valence-electron chi connectivity index (χ4n) is 3.05. The summed E-state index contributed by atoms with van der Waals surface area (Å²) >= 11 is 1.29. The van der Waals surface area contributed by atoms with Crippen LogP contribution in [0.25, 0.3) is 10.2 Å². The van der Waals surface area contributed by atoms with Gasteiger partial charge in [0.1, 0.15) is 10.6 Å². The average Bonchev–Trinajstić information content (AvgIpc) is 3.52. The van der Waals surface area contributed by atoms with Crippen LogP contribution in [0.3, 0.4) is 0 Å². The molecule has 1 fully saturated rings. The molecule has 1 aliphatic carbocycles. The maximum absolute atomic E-state index is 12.7. The number of anilines is 2. The molecule has 0 unspecified atom stereocenters. The minimum atomic E-state index is -3.98. The van der Waals surface area contributed by atoms with Gasteiger partial charge in [0.05, 0.1) is 10.2 Å².